The highest BCUT2D eigenvalue weighted by Crippen LogP contribution is 2.19. The lowest BCUT2D eigenvalue weighted by Crippen LogP contribution is -1.95. The van der Waals surface area contributed by atoms with Gasteiger partial charge in [0.1, 0.15) is 23.8 Å². The number of phenols is 1. The van der Waals surface area contributed by atoms with E-state index in [-0.39, 0.29) is 5.75 Å². The van der Waals surface area contributed by atoms with E-state index in [2.05, 4.69) is 20.9 Å². The first-order chi connectivity index (χ1) is 9.22. The zero-order valence-electron chi connectivity index (χ0n) is 9.95. The molecule has 0 saturated heterocycles. The molecular weight excluding hydrogens is 308 g/mol. The number of hydrogen-bond acceptors (Lipinski definition) is 3. The molecule has 0 aliphatic rings. The average Bonchev–Trinajstić information content (AvgIpc) is 2.81. The quantitative estimate of drug-likeness (QED) is 0.753. The van der Waals surface area contributed by atoms with E-state index in [1.165, 1.54) is 0 Å². The number of fused-ring (bicyclic) bond motifs is 1. The molecule has 3 aromatic rings. The van der Waals surface area contributed by atoms with Crippen LogP contribution >= 0.6 is 15.9 Å². The van der Waals surface area contributed by atoms with E-state index in [9.17, 15) is 5.11 Å². The number of nitrogens with zero attached hydrogens (tertiary/aromatic N) is 2. The van der Waals surface area contributed by atoms with Gasteiger partial charge in [-0.3, -0.25) is 4.40 Å². The average molecular weight is 319 g/mol. The SMILES string of the molecule is Oc1cccc(OCc2cn3c(Br)cccc3n2)c1. The summed E-state index contributed by atoms with van der Waals surface area (Å²) in [5, 5.41) is 9.36. The third-order valence-corrected chi connectivity index (χ3v) is 3.34. The number of ether oxygens (including phenoxy) is 1. The van der Waals surface area contributed by atoms with Crippen LogP contribution in [0.1, 0.15) is 5.69 Å². The Kier molecular flexibility index (Phi) is 3.13. The Hall–Kier alpha value is -2.01. The summed E-state index contributed by atoms with van der Waals surface area (Å²) >= 11 is 3.46. The van der Waals surface area contributed by atoms with Gasteiger partial charge in [0.15, 0.2) is 0 Å². The van der Waals surface area contributed by atoms with Crippen molar-refractivity contribution in [3.63, 3.8) is 0 Å². The minimum absolute atomic E-state index is 0.190. The number of phenolic OH excluding ortho intramolecular Hbond substituents is 1. The number of pyridine rings is 1. The number of halogens is 1. The number of imidazole rings is 1. The lowest BCUT2D eigenvalue weighted by molar-refractivity contribution is 0.300. The molecule has 4 nitrogen and oxygen atoms in total. The van der Waals surface area contributed by atoms with E-state index in [1.54, 1.807) is 24.3 Å². The van der Waals surface area contributed by atoms with E-state index in [0.29, 0.717) is 12.4 Å². The van der Waals surface area contributed by atoms with Gasteiger partial charge in [0.05, 0.1) is 10.3 Å². The number of rotatable bonds is 3. The van der Waals surface area contributed by atoms with E-state index in [0.717, 1.165) is 15.9 Å². The molecule has 0 fully saturated rings. The van der Waals surface area contributed by atoms with Gasteiger partial charge in [-0.1, -0.05) is 12.1 Å². The van der Waals surface area contributed by atoms with Crippen molar-refractivity contribution in [3.05, 3.63) is 59.0 Å². The number of benzene rings is 1. The summed E-state index contributed by atoms with van der Waals surface area (Å²) in [5.41, 5.74) is 1.69. The second-order valence-corrected chi connectivity index (χ2v) is 4.91. The van der Waals surface area contributed by atoms with Gasteiger partial charge < -0.3 is 9.84 Å². The minimum atomic E-state index is 0.190. The molecule has 96 valence electrons. The Morgan fingerprint density at radius 3 is 2.84 bits per heavy atom. The molecule has 0 spiro atoms. The van der Waals surface area contributed by atoms with E-state index in [1.807, 2.05) is 28.8 Å². The van der Waals surface area contributed by atoms with Crippen molar-refractivity contribution in [1.29, 1.82) is 0 Å². The summed E-state index contributed by atoms with van der Waals surface area (Å²) < 4.78 is 8.48. The van der Waals surface area contributed by atoms with Crippen LogP contribution in [0.25, 0.3) is 5.65 Å². The third kappa shape index (κ3) is 2.56. The van der Waals surface area contributed by atoms with Gasteiger partial charge in [0, 0.05) is 12.3 Å². The molecule has 0 unspecified atom stereocenters. The van der Waals surface area contributed by atoms with Crippen LogP contribution < -0.4 is 4.74 Å². The standard InChI is InChI=1S/C14H11BrN2O2/c15-13-5-2-6-14-16-10(8-17(13)14)9-19-12-4-1-3-11(18)7-12/h1-8,18H,9H2. The van der Waals surface area contributed by atoms with Crippen LogP contribution in [0.3, 0.4) is 0 Å². The van der Waals surface area contributed by atoms with Crippen LogP contribution in [0.15, 0.2) is 53.3 Å². The fraction of sp³-hybridized carbons (Fsp3) is 0.0714. The van der Waals surface area contributed by atoms with E-state index in [4.69, 9.17) is 4.74 Å². The lowest BCUT2D eigenvalue weighted by Gasteiger charge is -2.03. The predicted octanol–water partition coefficient (Wildman–Crippen LogP) is 3.38. The fourth-order valence-corrected chi connectivity index (χ4v) is 2.26. The van der Waals surface area contributed by atoms with Crippen molar-refractivity contribution in [2.24, 2.45) is 0 Å². The molecule has 0 bridgehead atoms. The molecule has 0 aliphatic heterocycles. The Morgan fingerprint density at radius 1 is 1.21 bits per heavy atom. The second kappa shape index (κ2) is 4.93. The Labute approximate surface area is 118 Å². The molecule has 3 rings (SSSR count). The smallest absolute Gasteiger partial charge is 0.138 e. The zero-order chi connectivity index (χ0) is 13.2. The van der Waals surface area contributed by atoms with Gasteiger partial charge in [-0.15, -0.1) is 0 Å². The van der Waals surface area contributed by atoms with Gasteiger partial charge in [-0.25, -0.2) is 4.98 Å². The maximum absolute atomic E-state index is 9.36. The van der Waals surface area contributed by atoms with Gasteiger partial charge in [0.25, 0.3) is 0 Å². The van der Waals surface area contributed by atoms with E-state index < -0.39 is 0 Å². The van der Waals surface area contributed by atoms with Crippen molar-refractivity contribution in [2.75, 3.05) is 0 Å². The molecule has 2 heterocycles. The second-order valence-electron chi connectivity index (χ2n) is 4.09. The molecule has 0 aliphatic carbocycles. The summed E-state index contributed by atoms with van der Waals surface area (Å²) in [5.74, 6) is 0.811. The number of hydrogen-bond donors (Lipinski definition) is 1. The highest BCUT2D eigenvalue weighted by atomic mass is 79.9. The van der Waals surface area contributed by atoms with E-state index >= 15 is 0 Å². The fourth-order valence-electron chi connectivity index (χ4n) is 1.83. The molecule has 2 aromatic heterocycles. The summed E-state index contributed by atoms with van der Waals surface area (Å²) in [6, 6.07) is 12.5. The molecular formula is C14H11BrN2O2. The van der Waals surface area contributed by atoms with Gasteiger partial charge in [0.2, 0.25) is 0 Å². The Balaban J connectivity index is 1.80. The minimum Gasteiger partial charge on any atom is -0.508 e. The maximum Gasteiger partial charge on any atom is 0.138 e. The van der Waals surface area contributed by atoms with Crippen LogP contribution in [-0.2, 0) is 6.61 Å². The maximum atomic E-state index is 9.36. The van der Waals surface area contributed by atoms with Crippen molar-refractivity contribution < 1.29 is 9.84 Å². The number of aromatic hydroxyl groups is 1. The highest BCUT2D eigenvalue weighted by molar-refractivity contribution is 9.10. The summed E-state index contributed by atoms with van der Waals surface area (Å²) in [7, 11) is 0. The van der Waals surface area contributed by atoms with Crippen molar-refractivity contribution in [1.82, 2.24) is 9.38 Å². The largest absolute Gasteiger partial charge is 0.508 e. The van der Waals surface area contributed by atoms with Crippen LogP contribution in [0.5, 0.6) is 11.5 Å². The zero-order valence-corrected chi connectivity index (χ0v) is 11.5. The summed E-state index contributed by atoms with van der Waals surface area (Å²) in [6.07, 6.45) is 1.92. The normalized spacial score (nSPS) is 10.8. The molecule has 0 saturated carbocycles. The van der Waals surface area contributed by atoms with Crippen LogP contribution in [0, 0.1) is 0 Å². The van der Waals surface area contributed by atoms with Crippen LogP contribution in [0.2, 0.25) is 0 Å². The lowest BCUT2D eigenvalue weighted by atomic mass is 10.3. The highest BCUT2D eigenvalue weighted by Gasteiger charge is 2.04. The van der Waals surface area contributed by atoms with Gasteiger partial charge in [-0.05, 0) is 40.2 Å². The molecule has 1 aromatic carbocycles. The summed E-state index contributed by atoms with van der Waals surface area (Å²) in [6.45, 7) is 0.359. The molecule has 0 radical (unpaired) electrons. The summed E-state index contributed by atoms with van der Waals surface area (Å²) in [4.78, 5) is 4.46. The first kappa shape index (κ1) is 12.0. The third-order valence-electron chi connectivity index (χ3n) is 2.70. The first-order valence-electron chi connectivity index (χ1n) is 5.77. The molecule has 1 N–H and O–H groups in total. The molecule has 5 heteroatoms. The topological polar surface area (TPSA) is 46.8 Å². The van der Waals surface area contributed by atoms with Crippen molar-refractivity contribution in [2.45, 2.75) is 6.61 Å². The molecule has 0 atom stereocenters. The predicted molar refractivity (Wildman–Crippen MR) is 75.3 cm³/mol. The Morgan fingerprint density at radius 2 is 2.05 bits per heavy atom. The molecule has 19 heavy (non-hydrogen) atoms. The van der Waals surface area contributed by atoms with Gasteiger partial charge >= 0.3 is 0 Å². The van der Waals surface area contributed by atoms with Crippen LogP contribution in [0.4, 0.5) is 0 Å². The number of aromatic nitrogens is 2. The van der Waals surface area contributed by atoms with Crippen LogP contribution in [-0.4, -0.2) is 14.5 Å². The first-order valence-corrected chi connectivity index (χ1v) is 6.56. The van der Waals surface area contributed by atoms with Gasteiger partial charge in [-0.2, -0.15) is 0 Å². The van der Waals surface area contributed by atoms with Crippen molar-refractivity contribution in [3.8, 4) is 11.5 Å². The molecule has 0 amide bonds. The van der Waals surface area contributed by atoms with Crippen molar-refractivity contribution >= 4 is 21.6 Å². The monoisotopic (exact) mass is 318 g/mol. The Bertz CT molecular complexity index is 724.